The van der Waals surface area contributed by atoms with Gasteiger partial charge in [-0.2, -0.15) is 0 Å². The summed E-state index contributed by atoms with van der Waals surface area (Å²) in [5.41, 5.74) is 0.448. The van der Waals surface area contributed by atoms with Gasteiger partial charge in [-0.3, -0.25) is 9.42 Å². The quantitative estimate of drug-likeness (QED) is 0.546. The van der Waals surface area contributed by atoms with Gasteiger partial charge in [-0.25, -0.2) is 0 Å². The normalized spacial score (nSPS) is 20.0. The molecule has 70 valence electrons. The van der Waals surface area contributed by atoms with E-state index in [1.807, 2.05) is 13.8 Å². The molecule has 0 atom stereocenters. The summed E-state index contributed by atoms with van der Waals surface area (Å²) in [6.07, 6.45) is 0.996. The van der Waals surface area contributed by atoms with Gasteiger partial charge < -0.3 is 5.21 Å². The third kappa shape index (κ3) is 1.20. The molecule has 0 radical (unpaired) electrons. The average Bonchev–Trinajstić information content (AvgIpc) is 2.28. The molecule has 0 saturated carbocycles. The Morgan fingerprint density at radius 2 is 2.23 bits per heavy atom. The maximum absolute atomic E-state index is 11.5. The molecule has 1 aliphatic carbocycles. The summed E-state index contributed by atoms with van der Waals surface area (Å²) in [6, 6.07) is 0. The monoisotopic (exact) mass is 182 g/mol. The van der Waals surface area contributed by atoms with Crippen molar-refractivity contribution in [3.05, 3.63) is 16.6 Å². The lowest BCUT2D eigenvalue weighted by atomic mass is 9.77. The molecule has 0 bridgehead atoms. The molecule has 2 rings (SSSR count). The standard InChI is InChI=1S/C8H10N2O3/c1-8(2)3-5-7(6(11)4-8)10(12)13-9-5/h3-4H2,1-2H3. The van der Waals surface area contributed by atoms with Crippen LogP contribution in [-0.2, 0) is 6.42 Å². The fraction of sp³-hybridized carbons (Fsp3) is 0.625. The second-order valence-corrected chi connectivity index (χ2v) is 4.17. The first-order chi connectivity index (χ1) is 5.99. The fourth-order valence-corrected chi connectivity index (χ4v) is 1.69. The number of hydrogen-bond donors (Lipinski definition) is 0. The number of fused-ring (bicyclic) bond motifs is 1. The molecule has 0 aliphatic heterocycles. The van der Waals surface area contributed by atoms with Gasteiger partial charge in [-0.15, -0.1) is 0 Å². The number of nitrogens with zero attached hydrogens (tertiary/aromatic N) is 2. The Kier molecular flexibility index (Phi) is 1.46. The summed E-state index contributed by atoms with van der Waals surface area (Å²) in [7, 11) is 0. The molecular formula is C8H10N2O3. The molecule has 0 N–H and O–H groups in total. The molecule has 0 unspecified atom stereocenters. The van der Waals surface area contributed by atoms with Crippen LogP contribution in [0.1, 0.15) is 36.5 Å². The highest BCUT2D eigenvalue weighted by Gasteiger charge is 2.39. The van der Waals surface area contributed by atoms with Crippen LogP contribution in [0.15, 0.2) is 4.63 Å². The van der Waals surface area contributed by atoms with Crippen LogP contribution in [0.3, 0.4) is 0 Å². The summed E-state index contributed by atoms with van der Waals surface area (Å²) in [5, 5.41) is 14.5. The molecule has 1 heterocycles. The maximum Gasteiger partial charge on any atom is 0.264 e. The molecule has 5 nitrogen and oxygen atoms in total. The van der Waals surface area contributed by atoms with Gasteiger partial charge in [0.05, 0.1) is 0 Å². The van der Waals surface area contributed by atoms with E-state index in [1.54, 1.807) is 0 Å². The molecule has 1 aromatic heterocycles. The zero-order chi connectivity index (χ0) is 9.64. The molecule has 0 spiro atoms. The first-order valence-electron chi connectivity index (χ1n) is 4.11. The molecule has 13 heavy (non-hydrogen) atoms. The predicted molar refractivity (Wildman–Crippen MR) is 41.9 cm³/mol. The van der Waals surface area contributed by atoms with E-state index in [1.165, 1.54) is 0 Å². The SMILES string of the molecule is CC1(C)CC(=O)c2c(no[n+]2[O-])C1. The van der Waals surface area contributed by atoms with E-state index < -0.39 is 0 Å². The molecule has 1 aromatic rings. The molecule has 0 saturated heterocycles. The van der Waals surface area contributed by atoms with Crippen molar-refractivity contribution in [2.45, 2.75) is 26.7 Å². The zero-order valence-corrected chi connectivity index (χ0v) is 7.53. The Hall–Kier alpha value is -1.39. The van der Waals surface area contributed by atoms with Crippen LogP contribution >= 0.6 is 0 Å². The molecule has 0 fully saturated rings. The van der Waals surface area contributed by atoms with Crippen molar-refractivity contribution < 1.29 is 14.3 Å². The van der Waals surface area contributed by atoms with Gasteiger partial charge >= 0.3 is 0 Å². The summed E-state index contributed by atoms with van der Waals surface area (Å²) in [5.74, 6) is -0.178. The van der Waals surface area contributed by atoms with Crippen molar-refractivity contribution in [1.29, 1.82) is 0 Å². The molecule has 5 heteroatoms. The van der Waals surface area contributed by atoms with Gasteiger partial charge in [0, 0.05) is 18.0 Å². The number of carbonyl (C=O) groups is 1. The van der Waals surface area contributed by atoms with Crippen molar-refractivity contribution in [2.24, 2.45) is 5.41 Å². The van der Waals surface area contributed by atoms with Crippen molar-refractivity contribution in [1.82, 2.24) is 5.16 Å². The van der Waals surface area contributed by atoms with Crippen molar-refractivity contribution >= 4 is 5.78 Å². The second kappa shape index (κ2) is 2.31. The van der Waals surface area contributed by atoms with Crippen molar-refractivity contribution in [3.8, 4) is 0 Å². The first-order valence-corrected chi connectivity index (χ1v) is 4.11. The third-order valence-corrected chi connectivity index (χ3v) is 2.23. The van der Waals surface area contributed by atoms with E-state index in [9.17, 15) is 10.0 Å². The highest BCUT2D eigenvalue weighted by Crippen LogP contribution is 2.32. The number of rotatable bonds is 0. The number of carbonyl (C=O) groups excluding carboxylic acids is 1. The Bertz CT molecular complexity index is 367. The van der Waals surface area contributed by atoms with Crippen LogP contribution in [-0.4, -0.2) is 10.9 Å². The zero-order valence-electron chi connectivity index (χ0n) is 7.53. The first kappa shape index (κ1) is 8.22. The summed E-state index contributed by atoms with van der Waals surface area (Å²) in [4.78, 5) is 11.7. The van der Waals surface area contributed by atoms with Crippen LogP contribution < -0.4 is 4.90 Å². The minimum absolute atomic E-state index is 0.0827. The number of Topliss-reactive ketones (excluding diaryl/α,β-unsaturated/α-hetero) is 1. The van der Waals surface area contributed by atoms with Crippen LogP contribution in [0, 0.1) is 10.6 Å². The molecule has 0 aromatic carbocycles. The maximum atomic E-state index is 11.5. The lowest BCUT2D eigenvalue weighted by molar-refractivity contribution is -0.803. The lowest BCUT2D eigenvalue weighted by Crippen LogP contribution is -2.37. The van der Waals surface area contributed by atoms with Gasteiger partial charge in [-0.05, 0) is 10.3 Å². The minimum Gasteiger partial charge on any atom is -0.359 e. The largest absolute Gasteiger partial charge is 0.359 e. The van der Waals surface area contributed by atoms with Crippen LogP contribution in [0.2, 0.25) is 0 Å². The number of ketones is 1. The Morgan fingerprint density at radius 1 is 1.54 bits per heavy atom. The third-order valence-electron chi connectivity index (χ3n) is 2.23. The van der Waals surface area contributed by atoms with Gasteiger partial charge in [0.25, 0.3) is 5.69 Å². The van der Waals surface area contributed by atoms with Gasteiger partial charge in [0.15, 0.2) is 0 Å². The Balaban J connectivity index is 2.51. The minimum atomic E-state index is -0.178. The Labute approximate surface area is 74.9 Å². The van der Waals surface area contributed by atoms with E-state index in [0.29, 0.717) is 18.5 Å². The van der Waals surface area contributed by atoms with E-state index >= 15 is 0 Å². The molecule has 1 aliphatic rings. The van der Waals surface area contributed by atoms with E-state index in [4.69, 9.17) is 0 Å². The predicted octanol–water partition coefficient (Wildman–Crippen LogP) is 0.463. The molecule has 0 amide bonds. The summed E-state index contributed by atoms with van der Waals surface area (Å²) < 4.78 is 4.37. The van der Waals surface area contributed by atoms with E-state index in [-0.39, 0.29) is 21.8 Å². The summed E-state index contributed by atoms with van der Waals surface area (Å²) >= 11 is 0. The highest BCUT2D eigenvalue weighted by atomic mass is 16.8. The smallest absolute Gasteiger partial charge is 0.264 e. The molecular weight excluding hydrogens is 172 g/mol. The number of hydrogen-bond acceptors (Lipinski definition) is 4. The lowest BCUT2D eigenvalue weighted by Gasteiger charge is -2.23. The van der Waals surface area contributed by atoms with Crippen LogP contribution in [0.5, 0.6) is 0 Å². The van der Waals surface area contributed by atoms with Crippen molar-refractivity contribution in [2.75, 3.05) is 0 Å². The Morgan fingerprint density at radius 3 is 2.92 bits per heavy atom. The van der Waals surface area contributed by atoms with E-state index in [2.05, 4.69) is 9.79 Å². The van der Waals surface area contributed by atoms with Crippen LogP contribution in [0.4, 0.5) is 0 Å². The van der Waals surface area contributed by atoms with Crippen LogP contribution in [0.25, 0.3) is 0 Å². The van der Waals surface area contributed by atoms with Gasteiger partial charge in [-0.1, -0.05) is 13.8 Å². The second-order valence-electron chi connectivity index (χ2n) is 4.17. The topological polar surface area (TPSA) is 70.0 Å². The average molecular weight is 182 g/mol. The number of aromatic nitrogens is 2. The van der Waals surface area contributed by atoms with Crippen molar-refractivity contribution in [3.63, 3.8) is 0 Å². The summed E-state index contributed by atoms with van der Waals surface area (Å²) in [6.45, 7) is 3.94. The van der Waals surface area contributed by atoms with Gasteiger partial charge in [0.2, 0.25) is 11.5 Å². The van der Waals surface area contributed by atoms with E-state index in [0.717, 1.165) is 0 Å². The fourth-order valence-electron chi connectivity index (χ4n) is 1.69. The highest BCUT2D eigenvalue weighted by molar-refractivity contribution is 5.95. The van der Waals surface area contributed by atoms with Gasteiger partial charge in [0.1, 0.15) is 0 Å².